The molecule has 2 rings (SSSR count). The summed E-state index contributed by atoms with van der Waals surface area (Å²) in [5.41, 5.74) is -0.882. The minimum Gasteiger partial charge on any atom is -0.490 e. The molecule has 0 radical (unpaired) electrons. The zero-order valence-electron chi connectivity index (χ0n) is 8.21. The van der Waals surface area contributed by atoms with Crippen molar-refractivity contribution >= 4 is 0 Å². The van der Waals surface area contributed by atoms with Crippen molar-refractivity contribution in [2.45, 2.75) is 25.1 Å². The van der Waals surface area contributed by atoms with Crippen LogP contribution >= 0.6 is 0 Å². The van der Waals surface area contributed by atoms with Crippen molar-refractivity contribution in [2.75, 3.05) is 0 Å². The molecule has 0 amide bonds. The summed E-state index contributed by atoms with van der Waals surface area (Å²) in [7, 11) is 0. The van der Waals surface area contributed by atoms with E-state index in [0.29, 0.717) is 0 Å². The number of hydrogen-bond acceptors (Lipinski definition) is 2. The second-order valence-electron chi connectivity index (χ2n) is 3.67. The average molecular weight is 227 g/mol. The number of nitrogens with zero attached hydrogens (tertiary/aromatic N) is 1. The summed E-state index contributed by atoms with van der Waals surface area (Å²) in [4.78, 5) is 0. The van der Waals surface area contributed by atoms with Crippen LogP contribution in [0, 0.1) is 11.3 Å². The van der Waals surface area contributed by atoms with Crippen LogP contribution in [-0.2, 0) is 6.18 Å². The molecule has 1 aromatic rings. The summed E-state index contributed by atoms with van der Waals surface area (Å²) in [5.74, 6) is 0.119. The lowest BCUT2D eigenvalue weighted by molar-refractivity contribution is -0.137. The zero-order valence-corrected chi connectivity index (χ0v) is 8.21. The van der Waals surface area contributed by atoms with E-state index >= 15 is 0 Å². The Morgan fingerprint density at radius 2 is 1.94 bits per heavy atom. The Kier molecular flexibility index (Phi) is 2.50. The lowest BCUT2D eigenvalue weighted by atomic mass is 10.1. The molecule has 0 saturated heterocycles. The van der Waals surface area contributed by atoms with Crippen molar-refractivity contribution < 1.29 is 17.9 Å². The van der Waals surface area contributed by atoms with E-state index in [9.17, 15) is 13.2 Å². The van der Waals surface area contributed by atoms with Gasteiger partial charge in [-0.2, -0.15) is 18.4 Å². The predicted molar refractivity (Wildman–Crippen MR) is 49.8 cm³/mol. The van der Waals surface area contributed by atoms with Crippen molar-refractivity contribution in [1.82, 2.24) is 0 Å². The van der Waals surface area contributed by atoms with Gasteiger partial charge < -0.3 is 4.74 Å². The molecular formula is C11H8F3NO. The van der Waals surface area contributed by atoms with Crippen LogP contribution in [0.25, 0.3) is 0 Å². The minimum absolute atomic E-state index is 0.00928. The van der Waals surface area contributed by atoms with Gasteiger partial charge in [-0.15, -0.1) is 0 Å². The van der Waals surface area contributed by atoms with Crippen LogP contribution in [0.3, 0.4) is 0 Å². The standard InChI is InChI=1S/C11H8F3NO/c12-11(13,14)8-3-7(6-15)4-10(5-8)16-9-1-2-9/h3-5,9H,1-2H2. The highest BCUT2D eigenvalue weighted by atomic mass is 19.4. The Balaban J connectivity index is 2.34. The first-order valence-corrected chi connectivity index (χ1v) is 4.78. The van der Waals surface area contributed by atoms with E-state index in [4.69, 9.17) is 10.00 Å². The molecule has 16 heavy (non-hydrogen) atoms. The lowest BCUT2D eigenvalue weighted by Crippen LogP contribution is -2.06. The molecule has 1 fully saturated rings. The molecule has 0 heterocycles. The maximum Gasteiger partial charge on any atom is 0.416 e. The van der Waals surface area contributed by atoms with Gasteiger partial charge in [0.15, 0.2) is 0 Å². The van der Waals surface area contributed by atoms with Gasteiger partial charge in [-0.3, -0.25) is 0 Å². The third-order valence-electron chi connectivity index (χ3n) is 2.19. The van der Waals surface area contributed by atoms with E-state index in [-0.39, 0.29) is 17.4 Å². The van der Waals surface area contributed by atoms with Crippen molar-refractivity contribution in [1.29, 1.82) is 5.26 Å². The largest absolute Gasteiger partial charge is 0.490 e. The second kappa shape index (κ2) is 3.71. The number of alkyl halides is 3. The molecule has 1 aliphatic carbocycles. The summed E-state index contributed by atoms with van der Waals surface area (Å²) in [6.07, 6.45) is -2.72. The van der Waals surface area contributed by atoms with Gasteiger partial charge in [0.1, 0.15) is 5.75 Å². The maximum atomic E-state index is 12.5. The Morgan fingerprint density at radius 1 is 1.25 bits per heavy atom. The van der Waals surface area contributed by atoms with Gasteiger partial charge in [0.2, 0.25) is 0 Å². The third kappa shape index (κ3) is 2.45. The second-order valence-corrected chi connectivity index (χ2v) is 3.67. The SMILES string of the molecule is N#Cc1cc(OC2CC2)cc(C(F)(F)F)c1. The molecule has 84 valence electrons. The molecule has 0 aliphatic heterocycles. The Bertz CT molecular complexity index is 444. The van der Waals surface area contributed by atoms with Gasteiger partial charge in [-0.05, 0) is 31.0 Å². The number of benzene rings is 1. The maximum absolute atomic E-state index is 12.5. The van der Waals surface area contributed by atoms with Crippen molar-refractivity contribution in [3.63, 3.8) is 0 Å². The number of nitriles is 1. The predicted octanol–water partition coefficient (Wildman–Crippen LogP) is 3.12. The topological polar surface area (TPSA) is 33.0 Å². The van der Waals surface area contributed by atoms with Crippen LogP contribution in [0.5, 0.6) is 5.75 Å². The van der Waals surface area contributed by atoms with Crippen molar-refractivity contribution in [2.24, 2.45) is 0 Å². The smallest absolute Gasteiger partial charge is 0.416 e. The molecule has 1 aromatic carbocycles. The van der Waals surface area contributed by atoms with Crippen LogP contribution < -0.4 is 4.74 Å². The van der Waals surface area contributed by atoms with E-state index in [0.717, 1.165) is 25.0 Å². The summed E-state index contributed by atoms with van der Waals surface area (Å²) in [6.45, 7) is 0. The molecule has 0 bridgehead atoms. The molecule has 0 spiro atoms. The molecule has 0 N–H and O–H groups in total. The normalized spacial score (nSPS) is 15.6. The van der Waals surface area contributed by atoms with Gasteiger partial charge in [0, 0.05) is 0 Å². The van der Waals surface area contributed by atoms with Gasteiger partial charge in [-0.25, -0.2) is 0 Å². The van der Waals surface area contributed by atoms with Crippen LogP contribution in [-0.4, -0.2) is 6.10 Å². The van der Waals surface area contributed by atoms with E-state index in [1.807, 2.05) is 0 Å². The molecule has 1 saturated carbocycles. The highest BCUT2D eigenvalue weighted by molar-refractivity contribution is 5.42. The first kappa shape index (κ1) is 10.8. The Labute approximate surface area is 90.3 Å². The van der Waals surface area contributed by atoms with Gasteiger partial charge in [-0.1, -0.05) is 0 Å². The summed E-state index contributed by atoms with van der Waals surface area (Å²) >= 11 is 0. The zero-order chi connectivity index (χ0) is 11.8. The van der Waals surface area contributed by atoms with E-state index in [1.54, 1.807) is 6.07 Å². The van der Waals surface area contributed by atoms with E-state index in [2.05, 4.69) is 0 Å². The average Bonchev–Trinajstić information content (AvgIpc) is 3.00. The monoisotopic (exact) mass is 227 g/mol. The molecule has 2 nitrogen and oxygen atoms in total. The molecular weight excluding hydrogens is 219 g/mol. The number of rotatable bonds is 2. The third-order valence-corrected chi connectivity index (χ3v) is 2.19. The fourth-order valence-electron chi connectivity index (χ4n) is 1.27. The molecule has 1 aliphatic rings. The van der Waals surface area contributed by atoms with Crippen LogP contribution in [0.1, 0.15) is 24.0 Å². The van der Waals surface area contributed by atoms with E-state index < -0.39 is 11.7 Å². The van der Waals surface area contributed by atoms with Crippen LogP contribution in [0.4, 0.5) is 13.2 Å². The summed E-state index contributed by atoms with van der Waals surface area (Å²) in [6, 6.07) is 4.77. The lowest BCUT2D eigenvalue weighted by Gasteiger charge is -2.10. The fraction of sp³-hybridized carbons (Fsp3) is 0.364. The van der Waals surface area contributed by atoms with Crippen LogP contribution in [0.15, 0.2) is 18.2 Å². The van der Waals surface area contributed by atoms with Crippen molar-refractivity contribution in [3.8, 4) is 11.8 Å². The first-order valence-electron chi connectivity index (χ1n) is 4.78. The van der Waals surface area contributed by atoms with Crippen LogP contribution in [0.2, 0.25) is 0 Å². The molecule has 0 aromatic heterocycles. The quantitative estimate of drug-likeness (QED) is 0.777. The van der Waals surface area contributed by atoms with Gasteiger partial charge in [0.05, 0.1) is 23.3 Å². The molecule has 0 atom stereocenters. The summed E-state index contributed by atoms with van der Waals surface area (Å²) < 4.78 is 42.7. The van der Waals surface area contributed by atoms with Gasteiger partial charge in [0.25, 0.3) is 0 Å². The molecule has 0 unspecified atom stereocenters. The minimum atomic E-state index is -4.45. The van der Waals surface area contributed by atoms with Gasteiger partial charge >= 0.3 is 6.18 Å². The molecule has 5 heteroatoms. The highest BCUT2D eigenvalue weighted by Crippen LogP contribution is 2.34. The number of hydrogen-bond donors (Lipinski definition) is 0. The highest BCUT2D eigenvalue weighted by Gasteiger charge is 2.32. The number of halogens is 3. The van der Waals surface area contributed by atoms with Crippen molar-refractivity contribution in [3.05, 3.63) is 29.3 Å². The number of ether oxygens (including phenoxy) is 1. The van der Waals surface area contributed by atoms with E-state index in [1.165, 1.54) is 6.07 Å². The Morgan fingerprint density at radius 3 is 2.44 bits per heavy atom. The Hall–Kier alpha value is -1.70. The fourth-order valence-corrected chi connectivity index (χ4v) is 1.27. The first-order chi connectivity index (χ1) is 7.49. The summed E-state index contributed by atoms with van der Waals surface area (Å²) in [5, 5.41) is 8.63.